The van der Waals surface area contributed by atoms with Gasteiger partial charge in [-0.1, -0.05) is 35.4 Å². The number of hydrogen-bond acceptors (Lipinski definition) is 2. The fourth-order valence-electron chi connectivity index (χ4n) is 1.96. The van der Waals surface area contributed by atoms with E-state index in [4.69, 9.17) is 16.9 Å². The average Bonchev–Trinajstić information content (AvgIpc) is 2.34. The Morgan fingerprint density at radius 2 is 1.89 bits per heavy atom. The highest BCUT2D eigenvalue weighted by molar-refractivity contribution is 6.30. The Morgan fingerprint density at radius 1 is 1.17 bits per heavy atom. The van der Waals surface area contributed by atoms with Crippen LogP contribution in [0.25, 0.3) is 11.3 Å². The van der Waals surface area contributed by atoms with Crippen molar-refractivity contribution in [2.75, 3.05) is 0 Å². The Bertz CT molecular complexity index is 654. The summed E-state index contributed by atoms with van der Waals surface area (Å²) in [5.41, 5.74) is 5.41. The van der Waals surface area contributed by atoms with Crippen LogP contribution >= 0.6 is 11.6 Å². The summed E-state index contributed by atoms with van der Waals surface area (Å²) in [4.78, 5) is 4.36. The Labute approximate surface area is 112 Å². The molecule has 0 atom stereocenters. The predicted molar refractivity (Wildman–Crippen MR) is 73.6 cm³/mol. The molecule has 0 bridgehead atoms. The number of hydrogen-bond donors (Lipinski definition) is 0. The zero-order chi connectivity index (χ0) is 13.3. The summed E-state index contributed by atoms with van der Waals surface area (Å²) in [7, 11) is 0. The second-order valence-electron chi connectivity index (χ2n) is 4.36. The maximum Gasteiger partial charge on any atom is 0.147 e. The third-order valence-corrected chi connectivity index (χ3v) is 3.39. The molecule has 2 aromatic rings. The molecular formula is C15H13ClN2. The lowest BCUT2D eigenvalue weighted by molar-refractivity contribution is 1.19. The summed E-state index contributed by atoms with van der Waals surface area (Å²) in [5, 5.41) is 9.33. The van der Waals surface area contributed by atoms with Crippen LogP contribution in [0, 0.1) is 32.1 Å². The molecular weight excluding hydrogens is 244 g/mol. The van der Waals surface area contributed by atoms with Crippen molar-refractivity contribution in [3.63, 3.8) is 0 Å². The van der Waals surface area contributed by atoms with Crippen molar-refractivity contribution < 1.29 is 0 Å². The van der Waals surface area contributed by atoms with E-state index in [-0.39, 0.29) is 5.15 Å². The Hall–Kier alpha value is -1.85. The molecule has 0 saturated carbocycles. The second-order valence-corrected chi connectivity index (χ2v) is 4.72. The minimum Gasteiger partial charge on any atom is -0.234 e. The smallest absolute Gasteiger partial charge is 0.147 e. The number of nitriles is 1. The van der Waals surface area contributed by atoms with Gasteiger partial charge in [-0.05, 0) is 38.0 Å². The van der Waals surface area contributed by atoms with Gasteiger partial charge in [0.2, 0.25) is 0 Å². The van der Waals surface area contributed by atoms with Crippen LogP contribution < -0.4 is 0 Å². The van der Waals surface area contributed by atoms with Crippen LogP contribution in [-0.2, 0) is 0 Å². The molecule has 0 spiro atoms. The number of benzene rings is 1. The molecule has 1 aromatic heterocycles. The van der Waals surface area contributed by atoms with Gasteiger partial charge in [0.15, 0.2) is 0 Å². The number of halogens is 1. The van der Waals surface area contributed by atoms with Gasteiger partial charge in [0.05, 0.1) is 11.3 Å². The molecule has 0 N–H and O–H groups in total. The quantitative estimate of drug-likeness (QED) is 0.717. The van der Waals surface area contributed by atoms with Gasteiger partial charge in [-0.2, -0.15) is 5.26 Å². The van der Waals surface area contributed by atoms with E-state index >= 15 is 0 Å². The van der Waals surface area contributed by atoms with E-state index in [1.54, 1.807) is 0 Å². The molecule has 2 rings (SSSR count). The molecule has 3 heteroatoms. The zero-order valence-corrected chi connectivity index (χ0v) is 11.3. The summed E-state index contributed by atoms with van der Waals surface area (Å²) in [6.45, 7) is 5.91. The molecule has 0 fully saturated rings. The van der Waals surface area contributed by atoms with Gasteiger partial charge >= 0.3 is 0 Å². The van der Waals surface area contributed by atoms with Crippen LogP contribution in [0.4, 0.5) is 0 Å². The lowest BCUT2D eigenvalue weighted by Crippen LogP contribution is -1.97. The monoisotopic (exact) mass is 256 g/mol. The van der Waals surface area contributed by atoms with E-state index < -0.39 is 0 Å². The lowest BCUT2D eigenvalue weighted by Gasteiger charge is -2.11. The first-order valence-corrected chi connectivity index (χ1v) is 6.06. The zero-order valence-electron chi connectivity index (χ0n) is 10.6. The van der Waals surface area contributed by atoms with Crippen LogP contribution in [-0.4, -0.2) is 4.98 Å². The molecule has 90 valence electrons. The molecule has 1 heterocycles. The van der Waals surface area contributed by atoms with Crippen LogP contribution in [0.15, 0.2) is 24.3 Å². The molecule has 1 aromatic carbocycles. The number of nitrogens with zero attached hydrogens (tertiary/aromatic N) is 2. The highest BCUT2D eigenvalue weighted by atomic mass is 35.5. The van der Waals surface area contributed by atoms with Gasteiger partial charge < -0.3 is 0 Å². The molecule has 0 saturated heterocycles. The van der Waals surface area contributed by atoms with Crippen molar-refractivity contribution in [3.8, 4) is 17.3 Å². The van der Waals surface area contributed by atoms with Crippen LogP contribution in [0.2, 0.25) is 5.15 Å². The number of aryl methyl sites for hydroxylation is 1. The number of aromatic nitrogens is 1. The van der Waals surface area contributed by atoms with Crippen molar-refractivity contribution in [2.24, 2.45) is 0 Å². The maximum atomic E-state index is 9.05. The minimum atomic E-state index is 0.275. The van der Waals surface area contributed by atoms with Gasteiger partial charge in [0.1, 0.15) is 11.2 Å². The average molecular weight is 257 g/mol. The normalized spacial score (nSPS) is 10.2. The first kappa shape index (κ1) is 12.6. The molecule has 18 heavy (non-hydrogen) atoms. The van der Waals surface area contributed by atoms with Crippen molar-refractivity contribution in [1.82, 2.24) is 4.98 Å². The minimum absolute atomic E-state index is 0.275. The van der Waals surface area contributed by atoms with E-state index in [1.807, 2.05) is 39.0 Å². The van der Waals surface area contributed by atoms with Gasteiger partial charge in [-0.3, -0.25) is 0 Å². The first-order valence-electron chi connectivity index (χ1n) is 5.68. The first-order chi connectivity index (χ1) is 8.54. The van der Waals surface area contributed by atoms with Crippen molar-refractivity contribution in [1.29, 1.82) is 5.26 Å². The molecule has 0 unspecified atom stereocenters. The summed E-state index contributed by atoms with van der Waals surface area (Å²) < 4.78 is 0. The Morgan fingerprint density at radius 3 is 2.50 bits per heavy atom. The van der Waals surface area contributed by atoms with Gasteiger partial charge in [-0.15, -0.1) is 0 Å². The van der Waals surface area contributed by atoms with E-state index in [2.05, 4.69) is 17.1 Å². The largest absolute Gasteiger partial charge is 0.234 e. The highest BCUT2D eigenvalue weighted by Crippen LogP contribution is 2.29. The van der Waals surface area contributed by atoms with Gasteiger partial charge in [0, 0.05) is 5.56 Å². The van der Waals surface area contributed by atoms with Crippen LogP contribution in [0.1, 0.15) is 22.3 Å². The van der Waals surface area contributed by atoms with Gasteiger partial charge in [-0.25, -0.2) is 4.98 Å². The summed E-state index contributed by atoms with van der Waals surface area (Å²) in [6, 6.07) is 10.2. The van der Waals surface area contributed by atoms with E-state index in [0.717, 1.165) is 22.4 Å². The van der Waals surface area contributed by atoms with Crippen molar-refractivity contribution in [3.05, 3.63) is 51.7 Å². The second kappa shape index (κ2) is 4.80. The van der Waals surface area contributed by atoms with Crippen molar-refractivity contribution in [2.45, 2.75) is 20.8 Å². The SMILES string of the molecule is Cc1cccc(-c2nc(Cl)c(C#N)c(C)c2C)c1. The van der Waals surface area contributed by atoms with Crippen LogP contribution in [0.3, 0.4) is 0 Å². The lowest BCUT2D eigenvalue weighted by atomic mass is 9.99. The number of pyridine rings is 1. The molecule has 0 amide bonds. The summed E-state index contributed by atoms with van der Waals surface area (Å²) in [5.74, 6) is 0. The third kappa shape index (κ3) is 2.10. The Balaban J connectivity index is 2.71. The van der Waals surface area contributed by atoms with E-state index in [9.17, 15) is 0 Å². The summed E-state index contributed by atoms with van der Waals surface area (Å²) >= 11 is 6.06. The predicted octanol–water partition coefficient (Wildman–Crippen LogP) is 4.20. The fraction of sp³-hybridized carbons (Fsp3) is 0.200. The van der Waals surface area contributed by atoms with E-state index in [0.29, 0.717) is 5.56 Å². The molecule has 0 aliphatic heterocycles. The van der Waals surface area contributed by atoms with E-state index in [1.165, 1.54) is 5.56 Å². The molecule has 0 radical (unpaired) electrons. The third-order valence-electron chi connectivity index (χ3n) is 3.11. The highest BCUT2D eigenvalue weighted by Gasteiger charge is 2.14. The molecule has 2 nitrogen and oxygen atoms in total. The standard InChI is InChI=1S/C15H13ClN2/c1-9-5-4-6-12(7-9)14-11(3)10(2)13(8-17)15(16)18-14/h4-7H,1-3H3. The Kier molecular flexibility index (Phi) is 3.36. The van der Waals surface area contributed by atoms with Crippen molar-refractivity contribution >= 4 is 11.6 Å². The fourth-order valence-corrected chi connectivity index (χ4v) is 2.23. The number of rotatable bonds is 1. The van der Waals surface area contributed by atoms with Gasteiger partial charge in [0.25, 0.3) is 0 Å². The molecule has 0 aliphatic carbocycles. The van der Waals surface area contributed by atoms with Crippen LogP contribution in [0.5, 0.6) is 0 Å². The maximum absolute atomic E-state index is 9.05. The topological polar surface area (TPSA) is 36.7 Å². The molecule has 0 aliphatic rings. The summed E-state index contributed by atoms with van der Waals surface area (Å²) in [6.07, 6.45) is 0.